The van der Waals surface area contributed by atoms with Crippen LogP contribution in [0.4, 0.5) is 4.79 Å². The van der Waals surface area contributed by atoms with E-state index in [2.05, 4.69) is 15.3 Å². The van der Waals surface area contributed by atoms with Crippen molar-refractivity contribution in [3.63, 3.8) is 0 Å². The molecule has 8 heteroatoms. The summed E-state index contributed by atoms with van der Waals surface area (Å²) in [7, 11) is 0. The largest absolute Gasteiger partial charge is 0.485 e. The van der Waals surface area contributed by atoms with E-state index in [1.807, 2.05) is 0 Å². The van der Waals surface area contributed by atoms with Gasteiger partial charge in [-0.3, -0.25) is 0 Å². The molecule has 1 amide bonds. The minimum atomic E-state index is -0.537. The molecule has 106 valence electrons. The van der Waals surface area contributed by atoms with Gasteiger partial charge in [0.05, 0.1) is 6.54 Å². The number of amides is 1. The van der Waals surface area contributed by atoms with E-state index in [0.717, 1.165) is 0 Å². The molecule has 0 atom stereocenters. The molecule has 6 nitrogen and oxygen atoms in total. The Balaban J connectivity index is 2.34. The smallest absolute Gasteiger partial charge is 0.407 e. The van der Waals surface area contributed by atoms with Crippen LogP contribution in [0.5, 0.6) is 5.75 Å². The zero-order chi connectivity index (χ0) is 14.5. The fraction of sp³-hybridized carbons (Fsp3) is 0.545. The van der Waals surface area contributed by atoms with Crippen molar-refractivity contribution in [2.75, 3.05) is 13.2 Å². The second kappa shape index (κ2) is 6.77. The fourth-order valence-corrected chi connectivity index (χ4v) is 1.50. The maximum absolute atomic E-state index is 11.3. The Morgan fingerprint density at radius 3 is 2.42 bits per heavy atom. The van der Waals surface area contributed by atoms with Gasteiger partial charge in [0.1, 0.15) is 18.5 Å². The Morgan fingerprint density at radius 2 is 1.89 bits per heavy atom. The van der Waals surface area contributed by atoms with Gasteiger partial charge in [-0.15, -0.1) is 0 Å². The molecule has 0 aliphatic carbocycles. The summed E-state index contributed by atoms with van der Waals surface area (Å²) in [6, 6.07) is 0. The molecule has 0 unspecified atom stereocenters. The molecule has 0 aromatic carbocycles. The lowest BCUT2D eigenvalue weighted by Crippen LogP contribution is -2.34. The third-order valence-electron chi connectivity index (χ3n) is 1.73. The van der Waals surface area contributed by atoms with Crippen LogP contribution in [0.25, 0.3) is 0 Å². The Labute approximate surface area is 121 Å². The summed E-state index contributed by atoms with van der Waals surface area (Å²) >= 11 is 11.6. The average Bonchev–Trinajstić information content (AvgIpc) is 2.25. The molecular formula is C11H15Cl2N3O3. The van der Waals surface area contributed by atoms with Crippen molar-refractivity contribution in [2.45, 2.75) is 26.4 Å². The predicted molar refractivity (Wildman–Crippen MR) is 71.8 cm³/mol. The van der Waals surface area contributed by atoms with Crippen LogP contribution in [-0.2, 0) is 4.74 Å². The highest BCUT2D eigenvalue weighted by Crippen LogP contribution is 2.28. The van der Waals surface area contributed by atoms with Gasteiger partial charge in [0, 0.05) is 0 Å². The van der Waals surface area contributed by atoms with Crippen molar-refractivity contribution in [2.24, 2.45) is 0 Å². The molecule has 1 heterocycles. The number of nitrogens with one attached hydrogen (secondary N) is 1. The second-order valence-electron chi connectivity index (χ2n) is 4.56. The standard InChI is InChI=1S/C11H15Cl2N3O3/c1-11(2,3)19-10(17)14-4-5-18-7-8(12)15-6-16-9(7)13/h6H,4-5H2,1-3H3,(H,14,17). The highest BCUT2D eigenvalue weighted by atomic mass is 35.5. The SMILES string of the molecule is CC(C)(C)OC(=O)NCCOc1c(Cl)ncnc1Cl. The first-order valence-electron chi connectivity index (χ1n) is 5.55. The molecule has 1 rings (SSSR count). The number of carbonyl (C=O) groups excluding carboxylic acids is 1. The molecule has 0 saturated carbocycles. The van der Waals surface area contributed by atoms with Crippen molar-refractivity contribution in [3.8, 4) is 5.75 Å². The van der Waals surface area contributed by atoms with Gasteiger partial charge >= 0.3 is 6.09 Å². The first-order chi connectivity index (χ1) is 8.79. The quantitative estimate of drug-likeness (QED) is 0.684. The highest BCUT2D eigenvalue weighted by Gasteiger charge is 2.15. The zero-order valence-electron chi connectivity index (χ0n) is 10.9. The van der Waals surface area contributed by atoms with E-state index in [0.29, 0.717) is 0 Å². The average molecular weight is 308 g/mol. The van der Waals surface area contributed by atoms with E-state index in [1.54, 1.807) is 20.8 Å². The number of ether oxygens (including phenoxy) is 2. The topological polar surface area (TPSA) is 73.3 Å². The van der Waals surface area contributed by atoms with E-state index >= 15 is 0 Å². The Kier molecular flexibility index (Phi) is 5.62. The number of aromatic nitrogens is 2. The third kappa shape index (κ3) is 5.94. The van der Waals surface area contributed by atoms with Crippen molar-refractivity contribution in [3.05, 3.63) is 16.6 Å². The molecule has 1 N–H and O–H groups in total. The summed E-state index contributed by atoms with van der Waals surface area (Å²) in [4.78, 5) is 18.8. The van der Waals surface area contributed by atoms with Crippen LogP contribution in [0.2, 0.25) is 10.3 Å². The van der Waals surface area contributed by atoms with Crippen LogP contribution in [0, 0.1) is 0 Å². The molecule has 0 radical (unpaired) electrons. The van der Waals surface area contributed by atoms with Crippen LogP contribution >= 0.6 is 23.2 Å². The van der Waals surface area contributed by atoms with E-state index in [4.69, 9.17) is 32.7 Å². The van der Waals surface area contributed by atoms with Gasteiger partial charge in [-0.2, -0.15) is 0 Å². The molecule has 0 bridgehead atoms. The molecule has 1 aromatic heterocycles. The maximum Gasteiger partial charge on any atom is 0.407 e. The molecule has 1 aromatic rings. The Bertz CT molecular complexity index is 429. The lowest BCUT2D eigenvalue weighted by Gasteiger charge is -2.19. The van der Waals surface area contributed by atoms with E-state index in [-0.39, 0.29) is 29.2 Å². The number of rotatable bonds is 4. The van der Waals surface area contributed by atoms with Crippen LogP contribution in [0.3, 0.4) is 0 Å². The lowest BCUT2D eigenvalue weighted by molar-refractivity contribution is 0.0520. The normalized spacial score (nSPS) is 11.0. The summed E-state index contributed by atoms with van der Waals surface area (Å²) in [6.07, 6.45) is 0.717. The molecule has 0 aliphatic heterocycles. The number of hydrogen-bond donors (Lipinski definition) is 1. The molecular weight excluding hydrogens is 293 g/mol. The van der Waals surface area contributed by atoms with Gasteiger partial charge < -0.3 is 14.8 Å². The monoisotopic (exact) mass is 307 g/mol. The number of hydrogen-bond acceptors (Lipinski definition) is 5. The highest BCUT2D eigenvalue weighted by molar-refractivity contribution is 6.35. The number of alkyl carbamates (subject to hydrolysis) is 1. The first kappa shape index (κ1) is 15.8. The lowest BCUT2D eigenvalue weighted by atomic mass is 10.2. The summed E-state index contributed by atoms with van der Waals surface area (Å²) < 4.78 is 10.3. The van der Waals surface area contributed by atoms with Crippen molar-refractivity contribution in [1.82, 2.24) is 15.3 Å². The van der Waals surface area contributed by atoms with Gasteiger partial charge in [-0.1, -0.05) is 23.2 Å². The summed E-state index contributed by atoms with van der Waals surface area (Å²) in [5.41, 5.74) is -0.537. The van der Waals surface area contributed by atoms with Crippen molar-refractivity contribution in [1.29, 1.82) is 0 Å². The molecule has 19 heavy (non-hydrogen) atoms. The van der Waals surface area contributed by atoms with E-state index in [1.165, 1.54) is 6.33 Å². The van der Waals surface area contributed by atoms with Gasteiger partial charge in [0.2, 0.25) is 0 Å². The van der Waals surface area contributed by atoms with Gasteiger partial charge in [0.25, 0.3) is 0 Å². The fourth-order valence-electron chi connectivity index (χ4n) is 1.07. The van der Waals surface area contributed by atoms with Crippen LogP contribution in [0.1, 0.15) is 20.8 Å². The summed E-state index contributed by atoms with van der Waals surface area (Å²) in [5, 5.41) is 2.78. The Hall–Kier alpha value is -1.27. The second-order valence-corrected chi connectivity index (χ2v) is 5.28. The van der Waals surface area contributed by atoms with Crippen LogP contribution < -0.4 is 10.1 Å². The van der Waals surface area contributed by atoms with Crippen LogP contribution in [-0.4, -0.2) is 34.8 Å². The van der Waals surface area contributed by atoms with E-state index < -0.39 is 11.7 Å². The predicted octanol–water partition coefficient (Wildman–Crippen LogP) is 2.69. The number of halogens is 2. The molecule has 0 aliphatic rings. The summed E-state index contributed by atoms with van der Waals surface area (Å²) in [5.74, 6) is 0.192. The zero-order valence-corrected chi connectivity index (χ0v) is 12.4. The van der Waals surface area contributed by atoms with Gasteiger partial charge in [0.15, 0.2) is 16.1 Å². The van der Waals surface area contributed by atoms with E-state index in [9.17, 15) is 4.79 Å². The van der Waals surface area contributed by atoms with Crippen molar-refractivity contribution < 1.29 is 14.3 Å². The molecule has 0 saturated heterocycles. The third-order valence-corrected chi connectivity index (χ3v) is 2.27. The number of carbonyl (C=O) groups is 1. The maximum atomic E-state index is 11.3. The van der Waals surface area contributed by atoms with Gasteiger partial charge in [-0.05, 0) is 20.8 Å². The van der Waals surface area contributed by atoms with Crippen LogP contribution in [0.15, 0.2) is 6.33 Å². The minimum Gasteiger partial charge on any atom is -0.485 e. The van der Waals surface area contributed by atoms with Crippen molar-refractivity contribution >= 4 is 29.3 Å². The minimum absolute atomic E-state index is 0.122. The molecule has 0 fully saturated rings. The Morgan fingerprint density at radius 1 is 1.32 bits per heavy atom. The summed E-state index contributed by atoms with van der Waals surface area (Å²) in [6.45, 7) is 5.76. The number of nitrogens with zero attached hydrogens (tertiary/aromatic N) is 2. The molecule has 0 spiro atoms. The van der Waals surface area contributed by atoms with Gasteiger partial charge in [-0.25, -0.2) is 14.8 Å². The first-order valence-corrected chi connectivity index (χ1v) is 6.31.